The van der Waals surface area contributed by atoms with Crippen LogP contribution in [0.2, 0.25) is 5.02 Å². The molecule has 1 unspecified atom stereocenters. The lowest BCUT2D eigenvalue weighted by atomic mass is 9.95. The molecule has 1 aliphatic carbocycles. The zero-order valence-electron chi connectivity index (χ0n) is 15.7. The molecule has 0 amide bonds. The molecule has 154 valence electrons. The molecule has 0 saturated heterocycles. The number of aldehydes is 1. The molecular weight excluding hydrogens is 407 g/mol. The first kappa shape index (κ1) is 19.9. The molecule has 2 heterocycles. The highest BCUT2D eigenvalue weighted by atomic mass is 35.5. The fourth-order valence-electron chi connectivity index (χ4n) is 3.96. The van der Waals surface area contributed by atoms with E-state index in [1.807, 2.05) is 0 Å². The fraction of sp³-hybridized carbons (Fsp3) is 0.450. The third kappa shape index (κ3) is 3.77. The topological polar surface area (TPSA) is 56.5 Å². The van der Waals surface area contributed by atoms with E-state index in [-0.39, 0.29) is 17.6 Å². The van der Waals surface area contributed by atoms with Crippen molar-refractivity contribution in [1.82, 2.24) is 9.78 Å². The number of aryl methyl sites for hydroxylation is 1. The molecule has 0 spiro atoms. The van der Waals surface area contributed by atoms with Crippen molar-refractivity contribution < 1.29 is 22.7 Å². The van der Waals surface area contributed by atoms with Crippen molar-refractivity contribution in [1.29, 1.82) is 0 Å². The Morgan fingerprint density at radius 3 is 2.59 bits per heavy atom. The second kappa shape index (κ2) is 7.48. The van der Waals surface area contributed by atoms with Crippen molar-refractivity contribution >= 4 is 29.5 Å². The van der Waals surface area contributed by atoms with Gasteiger partial charge in [-0.2, -0.15) is 18.3 Å². The van der Waals surface area contributed by atoms with Gasteiger partial charge in [-0.1, -0.05) is 30.9 Å². The van der Waals surface area contributed by atoms with Crippen molar-refractivity contribution in [3.63, 3.8) is 0 Å². The van der Waals surface area contributed by atoms with Crippen molar-refractivity contribution in [2.75, 3.05) is 0 Å². The number of benzene rings is 1. The summed E-state index contributed by atoms with van der Waals surface area (Å²) in [4.78, 5) is 16.1. The first-order valence-corrected chi connectivity index (χ1v) is 9.83. The highest BCUT2D eigenvalue weighted by Crippen LogP contribution is 2.40. The third-order valence-electron chi connectivity index (χ3n) is 5.34. The van der Waals surface area contributed by atoms with Crippen LogP contribution in [0.1, 0.15) is 66.8 Å². The number of rotatable bonds is 3. The van der Waals surface area contributed by atoms with Gasteiger partial charge in [0.15, 0.2) is 18.1 Å². The van der Waals surface area contributed by atoms with Crippen molar-refractivity contribution in [2.24, 2.45) is 4.99 Å². The SMILES string of the molecule is Cc1cc(Cl)cc2c1N=C(c1cc(C(F)(F)F)nn1C1CCCCC1)OC2C=O. The number of fused-ring (bicyclic) bond motifs is 1. The maximum absolute atomic E-state index is 13.4. The minimum Gasteiger partial charge on any atom is -0.460 e. The van der Waals surface area contributed by atoms with E-state index < -0.39 is 18.0 Å². The van der Waals surface area contributed by atoms with Crippen LogP contribution in [0.3, 0.4) is 0 Å². The van der Waals surface area contributed by atoms with E-state index in [9.17, 15) is 18.0 Å². The molecule has 2 aliphatic rings. The molecule has 1 fully saturated rings. The summed E-state index contributed by atoms with van der Waals surface area (Å²) in [6.45, 7) is 1.78. The lowest BCUT2D eigenvalue weighted by molar-refractivity contribution is -0.141. The number of carbonyl (C=O) groups excluding carboxylic acids is 1. The number of ether oxygens (including phenoxy) is 1. The van der Waals surface area contributed by atoms with E-state index in [1.165, 1.54) is 4.68 Å². The van der Waals surface area contributed by atoms with E-state index in [2.05, 4.69) is 10.1 Å². The third-order valence-corrected chi connectivity index (χ3v) is 5.56. The molecule has 1 aliphatic heterocycles. The zero-order chi connectivity index (χ0) is 20.8. The van der Waals surface area contributed by atoms with Gasteiger partial charge in [-0.15, -0.1) is 0 Å². The highest BCUT2D eigenvalue weighted by Gasteiger charge is 2.38. The van der Waals surface area contributed by atoms with Gasteiger partial charge in [0.25, 0.3) is 0 Å². The van der Waals surface area contributed by atoms with E-state index in [1.54, 1.807) is 19.1 Å². The van der Waals surface area contributed by atoms with Gasteiger partial charge >= 0.3 is 6.18 Å². The molecule has 9 heteroatoms. The Bertz CT molecular complexity index is 978. The zero-order valence-corrected chi connectivity index (χ0v) is 16.4. The molecule has 5 nitrogen and oxygen atoms in total. The van der Waals surface area contributed by atoms with Crippen LogP contribution < -0.4 is 0 Å². The molecule has 1 aromatic heterocycles. The summed E-state index contributed by atoms with van der Waals surface area (Å²) in [5, 5.41) is 4.28. The van der Waals surface area contributed by atoms with Gasteiger partial charge in [0.05, 0.1) is 11.7 Å². The van der Waals surface area contributed by atoms with Gasteiger partial charge in [-0.25, -0.2) is 4.99 Å². The number of halogens is 4. The number of aromatic nitrogens is 2. The molecule has 1 atom stereocenters. The Balaban J connectivity index is 1.86. The highest BCUT2D eigenvalue weighted by molar-refractivity contribution is 6.30. The largest absolute Gasteiger partial charge is 0.460 e. The van der Waals surface area contributed by atoms with E-state index in [0.29, 0.717) is 28.1 Å². The van der Waals surface area contributed by atoms with E-state index in [4.69, 9.17) is 16.3 Å². The van der Waals surface area contributed by atoms with E-state index in [0.717, 1.165) is 38.2 Å². The summed E-state index contributed by atoms with van der Waals surface area (Å²) in [5.41, 5.74) is 0.827. The smallest absolute Gasteiger partial charge is 0.435 e. The molecule has 1 saturated carbocycles. The van der Waals surface area contributed by atoms with Crippen molar-refractivity contribution in [3.8, 4) is 0 Å². The first-order valence-electron chi connectivity index (χ1n) is 9.45. The summed E-state index contributed by atoms with van der Waals surface area (Å²) >= 11 is 6.08. The summed E-state index contributed by atoms with van der Waals surface area (Å²) < 4.78 is 47.2. The summed E-state index contributed by atoms with van der Waals surface area (Å²) in [7, 11) is 0. The maximum Gasteiger partial charge on any atom is 0.435 e. The fourth-order valence-corrected chi connectivity index (χ4v) is 4.24. The Kier molecular flexibility index (Phi) is 5.14. The average molecular weight is 426 g/mol. The van der Waals surface area contributed by atoms with Crippen LogP contribution in [0.15, 0.2) is 23.2 Å². The van der Waals surface area contributed by atoms with Gasteiger partial charge < -0.3 is 4.74 Å². The average Bonchev–Trinajstić information content (AvgIpc) is 3.14. The number of nitrogens with zero attached hydrogens (tertiary/aromatic N) is 3. The minimum atomic E-state index is -4.59. The molecule has 0 bridgehead atoms. The second-order valence-corrected chi connectivity index (χ2v) is 7.84. The predicted octanol–water partition coefficient (Wildman–Crippen LogP) is 5.72. The molecule has 0 N–H and O–H groups in total. The minimum absolute atomic E-state index is 0.0337. The van der Waals surface area contributed by atoms with Crippen LogP contribution in [0.5, 0.6) is 0 Å². The standard InChI is InChI=1S/C20H19ClF3N3O2/c1-11-7-12(21)8-14-16(10-28)29-19(25-18(11)14)15-9-17(20(22,23)24)26-27(15)13-5-3-2-4-6-13/h7-10,13,16H,2-6H2,1H3. The van der Waals surface area contributed by atoms with Crippen LogP contribution in [0, 0.1) is 6.92 Å². The normalized spacial score (nSPS) is 20.0. The van der Waals surface area contributed by atoms with Crippen molar-refractivity contribution in [2.45, 2.75) is 57.3 Å². The Labute approximate surface area is 170 Å². The summed E-state index contributed by atoms with van der Waals surface area (Å²) in [6, 6.07) is 4.06. The Morgan fingerprint density at radius 1 is 1.21 bits per heavy atom. The van der Waals surface area contributed by atoms with Gasteiger partial charge in [0.1, 0.15) is 5.69 Å². The van der Waals surface area contributed by atoms with Gasteiger partial charge in [-0.05, 0) is 37.5 Å². The molecule has 2 aromatic rings. The van der Waals surface area contributed by atoms with Crippen LogP contribution in [0.25, 0.3) is 0 Å². The molecule has 0 radical (unpaired) electrons. The van der Waals surface area contributed by atoms with Crippen LogP contribution in [-0.4, -0.2) is 22.0 Å². The monoisotopic (exact) mass is 425 g/mol. The number of alkyl halides is 3. The number of hydrogen-bond donors (Lipinski definition) is 0. The lowest BCUT2D eigenvalue weighted by Gasteiger charge is -2.27. The van der Waals surface area contributed by atoms with Crippen molar-refractivity contribution in [3.05, 3.63) is 45.7 Å². The molecular formula is C20H19ClF3N3O2. The summed E-state index contributed by atoms with van der Waals surface area (Å²) in [5.74, 6) is -0.0337. The predicted molar refractivity (Wildman–Crippen MR) is 102 cm³/mol. The van der Waals surface area contributed by atoms with Crippen LogP contribution >= 0.6 is 11.6 Å². The lowest BCUT2D eigenvalue weighted by Crippen LogP contribution is -2.24. The van der Waals surface area contributed by atoms with Crippen LogP contribution in [-0.2, 0) is 15.7 Å². The number of hydrogen-bond acceptors (Lipinski definition) is 4. The number of carbonyl (C=O) groups is 1. The molecule has 29 heavy (non-hydrogen) atoms. The Morgan fingerprint density at radius 2 is 1.93 bits per heavy atom. The van der Waals surface area contributed by atoms with Gasteiger partial charge in [-0.3, -0.25) is 9.48 Å². The maximum atomic E-state index is 13.4. The summed E-state index contributed by atoms with van der Waals surface area (Å²) in [6.07, 6.45) is -0.615. The van der Waals surface area contributed by atoms with Gasteiger partial charge in [0, 0.05) is 16.7 Å². The number of aliphatic imine (C=N–C) groups is 1. The Hall–Kier alpha value is -2.35. The molecule has 4 rings (SSSR count). The van der Waals surface area contributed by atoms with Gasteiger partial charge in [0.2, 0.25) is 5.90 Å². The van der Waals surface area contributed by atoms with Crippen LogP contribution in [0.4, 0.5) is 18.9 Å². The first-order chi connectivity index (χ1) is 13.8. The molecule has 1 aromatic carbocycles. The second-order valence-electron chi connectivity index (χ2n) is 7.40. The quantitative estimate of drug-likeness (QED) is 0.591. The van der Waals surface area contributed by atoms with E-state index >= 15 is 0 Å².